The van der Waals surface area contributed by atoms with Gasteiger partial charge in [0.05, 0.1) is 28.8 Å². The summed E-state index contributed by atoms with van der Waals surface area (Å²) in [6.07, 6.45) is 9.41. The van der Waals surface area contributed by atoms with Crippen LogP contribution in [0.3, 0.4) is 0 Å². The molecule has 0 fully saturated rings. The zero-order valence-corrected chi connectivity index (χ0v) is 30.1. The first-order chi connectivity index (χ1) is 22.5. The Labute approximate surface area is 291 Å². The third kappa shape index (κ3) is 7.05. The Morgan fingerprint density at radius 3 is 1.43 bits per heavy atom. The third-order valence-electron chi connectivity index (χ3n) is 9.40. The molecule has 0 spiro atoms. The number of rotatable bonds is 10. The smallest absolute Gasteiger partial charge is 0.657 e. The molecule has 5 heterocycles. The minimum Gasteiger partial charge on any atom is -0.657 e. The van der Waals surface area contributed by atoms with Gasteiger partial charge in [-0.15, -0.1) is 22.1 Å². The van der Waals surface area contributed by atoms with Gasteiger partial charge < -0.3 is 9.97 Å². The Morgan fingerprint density at radius 1 is 0.532 bits per heavy atom. The van der Waals surface area contributed by atoms with E-state index in [0.717, 1.165) is 120 Å². The third-order valence-corrected chi connectivity index (χ3v) is 9.40. The van der Waals surface area contributed by atoms with E-state index in [1.165, 1.54) is 33.4 Å². The molecule has 2 aliphatic rings. The van der Waals surface area contributed by atoms with Gasteiger partial charge in [-0.1, -0.05) is 89.6 Å². The van der Waals surface area contributed by atoms with E-state index in [4.69, 9.17) is 25.2 Å². The van der Waals surface area contributed by atoms with Crippen molar-refractivity contribution in [3.8, 4) is 17.9 Å². The summed E-state index contributed by atoms with van der Waals surface area (Å²) in [4.78, 5) is 21.1. The predicted molar refractivity (Wildman–Crippen MR) is 193 cm³/mol. The van der Waals surface area contributed by atoms with Crippen LogP contribution >= 0.6 is 0 Å². The van der Waals surface area contributed by atoms with Crippen molar-refractivity contribution >= 4 is 44.4 Å². The molecule has 0 amide bonds. The first kappa shape index (κ1) is 36.0. The quantitative estimate of drug-likeness (QED) is 0.122. The van der Waals surface area contributed by atoms with E-state index in [9.17, 15) is 0 Å². The maximum atomic E-state index is 8.93. The second-order valence-electron chi connectivity index (χ2n) is 12.0. The van der Waals surface area contributed by atoms with E-state index < -0.39 is 0 Å². The molecule has 0 radical (unpaired) electrons. The molecule has 5 rings (SSSR count). The van der Waals surface area contributed by atoms with Gasteiger partial charge >= 0.3 is 16.5 Å². The number of hydrogen-bond acceptors (Lipinski definition) is 3. The molecular formula is C41H47N5Ni. The largest absolute Gasteiger partial charge is 2.00 e. The number of hydrogen-bond donors (Lipinski definition) is 0. The van der Waals surface area contributed by atoms with Crippen LogP contribution < -0.4 is 9.97 Å². The Balaban J connectivity index is 0.00000500. The first-order valence-corrected chi connectivity index (χ1v) is 17.5. The van der Waals surface area contributed by atoms with E-state index in [0.29, 0.717) is 6.42 Å². The number of nitriles is 1. The average Bonchev–Trinajstić information content (AvgIpc) is 3.78. The minimum absolute atomic E-state index is 0. The van der Waals surface area contributed by atoms with Crippen LogP contribution in [-0.4, -0.2) is 9.97 Å². The van der Waals surface area contributed by atoms with Gasteiger partial charge in [0, 0.05) is 18.4 Å². The molecule has 0 atom stereocenters. The molecule has 0 aliphatic carbocycles. The molecule has 0 saturated heterocycles. The number of allylic oxidation sites excluding steroid dienone is 4. The summed E-state index contributed by atoms with van der Waals surface area (Å²) in [5.41, 5.74) is 17.8. The average molecular weight is 669 g/mol. The van der Waals surface area contributed by atoms with E-state index in [1.54, 1.807) is 0 Å². The SMILES string of the molecule is CCC1=C(CC)c2cc3[n-]c(cc4[n-]c(cc5nc(cc1n2)C(CC)=C5CC)c(CC)c4CC)c(C#CCCCCC#N)c3CC.[Ni+2]. The second-order valence-corrected chi connectivity index (χ2v) is 12.0. The summed E-state index contributed by atoms with van der Waals surface area (Å²) >= 11 is 0. The second kappa shape index (κ2) is 16.3. The van der Waals surface area contributed by atoms with Crippen LogP contribution in [0.4, 0.5) is 0 Å². The monoisotopic (exact) mass is 667 g/mol. The molecule has 0 unspecified atom stereocenters. The maximum Gasteiger partial charge on any atom is 2.00 e. The fourth-order valence-corrected chi connectivity index (χ4v) is 7.15. The van der Waals surface area contributed by atoms with Crippen LogP contribution in [0.15, 0.2) is 24.3 Å². The number of aryl methyl sites for hydroxylation is 3. The maximum absolute atomic E-state index is 8.93. The summed E-state index contributed by atoms with van der Waals surface area (Å²) in [7, 11) is 0. The van der Waals surface area contributed by atoms with Crippen molar-refractivity contribution in [2.45, 2.75) is 119 Å². The zero-order chi connectivity index (χ0) is 32.8. The Hall–Kier alpha value is -3.86. The van der Waals surface area contributed by atoms with Crippen LogP contribution in [0.1, 0.15) is 145 Å². The number of unbranched alkanes of at least 4 members (excludes halogenated alkanes) is 3. The van der Waals surface area contributed by atoms with Crippen LogP contribution in [0.5, 0.6) is 0 Å². The number of nitrogens with zero attached hydrogens (tertiary/aromatic N) is 5. The van der Waals surface area contributed by atoms with E-state index in [2.05, 4.69) is 90.6 Å². The topological polar surface area (TPSA) is 77.8 Å². The van der Waals surface area contributed by atoms with Gasteiger partial charge in [-0.3, -0.25) is 0 Å². The van der Waals surface area contributed by atoms with Crippen molar-refractivity contribution in [2.24, 2.45) is 0 Å². The van der Waals surface area contributed by atoms with Gasteiger partial charge in [-0.2, -0.15) is 5.26 Å². The van der Waals surface area contributed by atoms with E-state index in [1.807, 2.05) is 0 Å². The molecule has 2 aliphatic heterocycles. The fraction of sp³-hybridized carbons (Fsp3) is 0.439. The molecule has 0 aromatic carbocycles. The molecular weight excluding hydrogens is 621 g/mol. The minimum atomic E-state index is 0. The Morgan fingerprint density at radius 2 is 0.957 bits per heavy atom. The molecule has 8 bridgehead atoms. The number of aromatic nitrogens is 4. The molecule has 6 heteroatoms. The Bertz CT molecular complexity index is 1970. The Kier molecular flexibility index (Phi) is 12.5. The van der Waals surface area contributed by atoms with Crippen molar-refractivity contribution < 1.29 is 16.5 Å². The summed E-state index contributed by atoms with van der Waals surface area (Å²) in [5, 5.41) is 8.93. The zero-order valence-electron chi connectivity index (χ0n) is 29.1. The van der Waals surface area contributed by atoms with Gasteiger partial charge in [0.1, 0.15) is 0 Å². The van der Waals surface area contributed by atoms with Crippen LogP contribution in [0.25, 0.3) is 44.4 Å². The predicted octanol–water partition coefficient (Wildman–Crippen LogP) is 10.2. The van der Waals surface area contributed by atoms with Crippen molar-refractivity contribution in [3.05, 3.63) is 69.3 Å². The van der Waals surface area contributed by atoms with Gasteiger partial charge in [-0.05, 0) is 91.7 Å². The van der Waals surface area contributed by atoms with Crippen molar-refractivity contribution in [3.63, 3.8) is 0 Å². The molecule has 0 N–H and O–H groups in total. The number of fused-ring (bicyclic) bond motifs is 8. The van der Waals surface area contributed by atoms with Gasteiger partial charge in [0.25, 0.3) is 0 Å². The standard InChI is InChI=1S/C41H47N5.Ni/c1-8-26-27(9-2)35-23-37-30(12-5)31(13-6)39(45-37)25-41-33(20-18-16-15-17-19-21-42)32(14-7)40(46-41)24-38-29(11-4)28(10-3)36(44-38)22-34(26)43-35;/h22-25H,8-17,19H2,1-7H3;/q-2;+2. The summed E-state index contributed by atoms with van der Waals surface area (Å²) in [6, 6.07) is 11.0. The van der Waals surface area contributed by atoms with Gasteiger partial charge in [0.15, 0.2) is 0 Å². The summed E-state index contributed by atoms with van der Waals surface area (Å²) in [6.45, 7) is 15.5. The van der Waals surface area contributed by atoms with E-state index >= 15 is 0 Å². The van der Waals surface area contributed by atoms with Crippen LogP contribution in [-0.2, 0) is 35.8 Å². The molecule has 3 aromatic heterocycles. The molecule has 47 heavy (non-hydrogen) atoms. The van der Waals surface area contributed by atoms with Gasteiger partial charge in [-0.25, -0.2) is 9.97 Å². The fourth-order valence-electron chi connectivity index (χ4n) is 7.15. The molecule has 3 aromatic rings. The van der Waals surface area contributed by atoms with E-state index in [-0.39, 0.29) is 16.5 Å². The summed E-state index contributed by atoms with van der Waals surface area (Å²) in [5.74, 6) is 6.93. The van der Waals surface area contributed by atoms with Crippen molar-refractivity contribution in [1.29, 1.82) is 5.26 Å². The first-order valence-electron chi connectivity index (χ1n) is 17.5. The van der Waals surface area contributed by atoms with Crippen LogP contribution in [0, 0.1) is 23.2 Å². The normalized spacial score (nSPS) is 12.6. The van der Waals surface area contributed by atoms with Gasteiger partial charge in [0.2, 0.25) is 0 Å². The molecule has 246 valence electrons. The van der Waals surface area contributed by atoms with Crippen LogP contribution in [0.2, 0.25) is 0 Å². The van der Waals surface area contributed by atoms with Crippen molar-refractivity contribution in [1.82, 2.24) is 19.9 Å². The summed E-state index contributed by atoms with van der Waals surface area (Å²) < 4.78 is 0. The molecule has 0 saturated carbocycles. The molecule has 5 nitrogen and oxygen atoms in total. The van der Waals surface area contributed by atoms with Crippen molar-refractivity contribution in [2.75, 3.05) is 0 Å².